The SMILES string of the molecule is Cc1ccc([O-])c(C(C)(C)C)c1.[K+]. The van der Waals surface area contributed by atoms with Crippen LogP contribution < -0.4 is 56.5 Å². The molecule has 0 aliphatic rings. The van der Waals surface area contributed by atoms with Gasteiger partial charge >= 0.3 is 51.4 Å². The average Bonchev–Trinajstić information content (AvgIpc) is 1.92. The molecule has 0 saturated carbocycles. The van der Waals surface area contributed by atoms with Crippen LogP contribution in [0.25, 0.3) is 0 Å². The Morgan fingerprint density at radius 1 is 1.15 bits per heavy atom. The van der Waals surface area contributed by atoms with Gasteiger partial charge in [0.05, 0.1) is 0 Å². The van der Waals surface area contributed by atoms with E-state index in [2.05, 4.69) is 20.8 Å². The second-order valence-corrected chi connectivity index (χ2v) is 4.25. The second kappa shape index (κ2) is 4.94. The quantitative estimate of drug-likeness (QED) is 0.514. The van der Waals surface area contributed by atoms with Crippen LogP contribution in [-0.2, 0) is 5.41 Å². The van der Waals surface area contributed by atoms with Crippen molar-refractivity contribution in [2.75, 3.05) is 0 Å². The summed E-state index contributed by atoms with van der Waals surface area (Å²) in [6.07, 6.45) is 0. The Morgan fingerprint density at radius 3 is 2.08 bits per heavy atom. The number of benzene rings is 1. The summed E-state index contributed by atoms with van der Waals surface area (Å²) < 4.78 is 0. The monoisotopic (exact) mass is 202 g/mol. The van der Waals surface area contributed by atoms with Crippen LogP contribution in [-0.4, -0.2) is 0 Å². The van der Waals surface area contributed by atoms with Crippen LogP contribution in [0.5, 0.6) is 5.75 Å². The first-order chi connectivity index (χ1) is 5.41. The van der Waals surface area contributed by atoms with Crippen LogP contribution in [0.15, 0.2) is 18.2 Å². The molecule has 1 rings (SSSR count). The largest absolute Gasteiger partial charge is 1.00 e. The Balaban J connectivity index is 0.00000144. The molecule has 1 aromatic carbocycles. The van der Waals surface area contributed by atoms with E-state index >= 15 is 0 Å². The molecule has 0 aromatic heterocycles. The molecule has 1 nitrogen and oxygen atoms in total. The second-order valence-electron chi connectivity index (χ2n) is 4.25. The van der Waals surface area contributed by atoms with E-state index < -0.39 is 0 Å². The van der Waals surface area contributed by atoms with Gasteiger partial charge in [0.15, 0.2) is 0 Å². The maximum atomic E-state index is 11.4. The summed E-state index contributed by atoms with van der Waals surface area (Å²) in [7, 11) is 0. The first-order valence-electron chi connectivity index (χ1n) is 4.19. The van der Waals surface area contributed by atoms with Gasteiger partial charge in [-0.05, 0) is 12.3 Å². The third-order valence-electron chi connectivity index (χ3n) is 1.94. The smallest absolute Gasteiger partial charge is 0.872 e. The van der Waals surface area contributed by atoms with Gasteiger partial charge in [0, 0.05) is 0 Å². The summed E-state index contributed by atoms with van der Waals surface area (Å²) >= 11 is 0. The van der Waals surface area contributed by atoms with Crippen molar-refractivity contribution in [1.82, 2.24) is 0 Å². The van der Waals surface area contributed by atoms with Gasteiger partial charge in [0.25, 0.3) is 0 Å². The van der Waals surface area contributed by atoms with Crippen molar-refractivity contribution in [3.63, 3.8) is 0 Å². The number of rotatable bonds is 0. The standard InChI is InChI=1S/C11H16O.K/c1-8-5-6-10(12)9(7-8)11(2,3)4;/h5-7,12H,1-4H3;/q;+1/p-1. The topological polar surface area (TPSA) is 23.1 Å². The molecular weight excluding hydrogens is 187 g/mol. The van der Waals surface area contributed by atoms with Crippen molar-refractivity contribution in [3.05, 3.63) is 29.3 Å². The van der Waals surface area contributed by atoms with E-state index in [1.807, 2.05) is 19.1 Å². The zero-order valence-corrected chi connectivity index (χ0v) is 12.3. The van der Waals surface area contributed by atoms with Crippen molar-refractivity contribution in [2.45, 2.75) is 33.1 Å². The molecule has 0 radical (unpaired) electrons. The third-order valence-corrected chi connectivity index (χ3v) is 1.94. The molecule has 0 unspecified atom stereocenters. The molecule has 0 amide bonds. The summed E-state index contributed by atoms with van der Waals surface area (Å²) in [6.45, 7) is 8.18. The van der Waals surface area contributed by atoms with E-state index in [0.717, 1.165) is 11.1 Å². The number of aryl methyl sites for hydroxylation is 1. The number of hydrogen-bond donors (Lipinski definition) is 0. The van der Waals surface area contributed by atoms with Crippen LogP contribution in [0.4, 0.5) is 0 Å². The van der Waals surface area contributed by atoms with Gasteiger partial charge in [0.1, 0.15) is 0 Å². The predicted octanol–water partition coefficient (Wildman–Crippen LogP) is -0.630. The Bertz CT molecular complexity index is 287. The molecule has 0 fully saturated rings. The fourth-order valence-electron chi connectivity index (χ4n) is 1.23. The van der Waals surface area contributed by atoms with Crippen LogP contribution >= 0.6 is 0 Å². The first kappa shape index (κ1) is 13.7. The molecule has 0 N–H and O–H groups in total. The van der Waals surface area contributed by atoms with Gasteiger partial charge < -0.3 is 5.11 Å². The van der Waals surface area contributed by atoms with Gasteiger partial charge in [-0.3, -0.25) is 0 Å². The summed E-state index contributed by atoms with van der Waals surface area (Å²) in [4.78, 5) is 0. The molecule has 2 heteroatoms. The minimum Gasteiger partial charge on any atom is -0.872 e. The van der Waals surface area contributed by atoms with Crippen LogP contribution in [0.2, 0.25) is 0 Å². The Hall–Kier alpha value is 0.656. The molecule has 13 heavy (non-hydrogen) atoms. The van der Waals surface area contributed by atoms with E-state index in [9.17, 15) is 5.11 Å². The van der Waals surface area contributed by atoms with Crippen molar-refractivity contribution in [3.8, 4) is 5.75 Å². The van der Waals surface area contributed by atoms with E-state index in [0.29, 0.717) is 0 Å². The zero-order chi connectivity index (χ0) is 9.35. The van der Waals surface area contributed by atoms with Crippen LogP contribution in [0, 0.1) is 6.92 Å². The molecule has 1 aromatic rings. The van der Waals surface area contributed by atoms with Gasteiger partial charge in [-0.2, -0.15) is 0 Å². The number of hydrogen-bond acceptors (Lipinski definition) is 1. The summed E-state index contributed by atoms with van der Waals surface area (Å²) in [5.74, 6) is 0.146. The molecule has 0 spiro atoms. The minimum atomic E-state index is -0.0386. The normalized spacial score (nSPS) is 10.8. The Labute approximate surface area is 123 Å². The van der Waals surface area contributed by atoms with Gasteiger partial charge in [-0.25, -0.2) is 0 Å². The zero-order valence-electron chi connectivity index (χ0n) is 9.14. The molecule has 0 aliphatic heterocycles. The molecule has 0 saturated heterocycles. The average molecular weight is 202 g/mol. The van der Waals surface area contributed by atoms with Gasteiger partial charge in [0.2, 0.25) is 0 Å². The van der Waals surface area contributed by atoms with Crippen LogP contribution in [0.1, 0.15) is 31.9 Å². The fraction of sp³-hybridized carbons (Fsp3) is 0.455. The third kappa shape index (κ3) is 3.72. The molecule has 66 valence electrons. The van der Waals surface area contributed by atoms with E-state index in [-0.39, 0.29) is 62.5 Å². The Morgan fingerprint density at radius 2 is 1.69 bits per heavy atom. The molecule has 0 atom stereocenters. The van der Waals surface area contributed by atoms with Crippen molar-refractivity contribution in [2.24, 2.45) is 0 Å². The molecular formula is C11H15KO. The fourth-order valence-corrected chi connectivity index (χ4v) is 1.23. The molecule has 0 bridgehead atoms. The van der Waals surface area contributed by atoms with E-state index in [1.165, 1.54) is 0 Å². The maximum absolute atomic E-state index is 11.4. The molecule has 0 heterocycles. The molecule has 0 aliphatic carbocycles. The summed E-state index contributed by atoms with van der Waals surface area (Å²) in [6, 6.07) is 5.48. The van der Waals surface area contributed by atoms with Crippen molar-refractivity contribution in [1.29, 1.82) is 0 Å². The summed E-state index contributed by atoms with van der Waals surface area (Å²) in [5, 5.41) is 11.4. The first-order valence-corrected chi connectivity index (χ1v) is 4.19. The van der Waals surface area contributed by atoms with E-state index in [1.54, 1.807) is 6.07 Å². The summed E-state index contributed by atoms with van der Waals surface area (Å²) in [5.41, 5.74) is 2.02. The predicted molar refractivity (Wildman–Crippen MR) is 49.3 cm³/mol. The van der Waals surface area contributed by atoms with Gasteiger partial charge in [-0.15, -0.1) is 5.75 Å². The van der Waals surface area contributed by atoms with E-state index in [4.69, 9.17) is 0 Å². The van der Waals surface area contributed by atoms with Crippen molar-refractivity contribution < 1.29 is 56.5 Å². The van der Waals surface area contributed by atoms with Crippen molar-refractivity contribution >= 4 is 0 Å². The Kier molecular flexibility index (Phi) is 5.19. The van der Waals surface area contributed by atoms with Crippen LogP contribution in [0.3, 0.4) is 0 Å². The minimum absolute atomic E-state index is 0. The maximum Gasteiger partial charge on any atom is 1.00 e. The van der Waals surface area contributed by atoms with Gasteiger partial charge in [-0.1, -0.05) is 50.1 Å².